The Morgan fingerprint density at radius 2 is 2.24 bits per heavy atom. The first-order valence-electron chi connectivity index (χ1n) is 8.03. The monoisotopic (exact) mass is 357 g/mol. The number of aromatic nitrogens is 4. The van der Waals surface area contributed by atoms with Crippen LogP contribution in [-0.4, -0.2) is 31.4 Å². The van der Waals surface area contributed by atoms with Crippen LogP contribution in [0.15, 0.2) is 52.5 Å². The van der Waals surface area contributed by atoms with Gasteiger partial charge in [0.15, 0.2) is 11.0 Å². The molecule has 0 unspecified atom stereocenters. The third kappa shape index (κ3) is 4.48. The van der Waals surface area contributed by atoms with Crippen LogP contribution in [0.2, 0.25) is 0 Å². The van der Waals surface area contributed by atoms with Gasteiger partial charge in [-0.3, -0.25) is 9.78 Å². The quantitative estimate of drug-likeness (QED) is 0.624. The van der Waals surface area contributed by atoms with E-state index in [1.807, 2.05) is 22.8 Å². The Hall–Kier alpha value is -2.61. The van der Waals surface area contributed by atoms with Gasteiger partial charge in [0.25, 0.3) is 0 Å². The molecular formula is C17H19N5O2S. The lowest BCUT2D eigenvalue weighted by Gasteiger charge is -2.08. The number of furan rings is 1. The highest BCUT2D eigenvalue weighted by Crippen LogP contribution is 2.23. The molecule has 0 saturated carbocycles. The van der Waals surface area contributed by atoms with Crippen LogP contribution in [0.1, 0.15) is 19.1 Å². The third-order valence-corrected chi connectivity index (χ3v) is 4.42. The lowest BCUT2D eigenvalue weighted by molar-refractivity contribution is -0.118. The molecule has 0 spiro atoms. The van der Waals surface area contributed by atoms with Gasteiger partial charge in [0.2, 0.25) is 5.91 Å². The maximum Gasteiger partial charge on any atom is 0.230 e. The molecule has 3 heterocycles. The first-order valence-corrected chi connectivity index (χ1v) is 9.02. The summed E-state index contributed by atoms with van der Waals surface area (Å²) in [5.41, 5.74) is 0.914. The van der Waals surface area contributed by atoms with Gasteiger partial charge in [-0.1, -0.05) is 18.7 Å². The van der Waals surface area contributed by atoms with Gasteiger partial charge in [0.1, 0.15) is 5.76 Å². The minimum atomic E-state index is -0.0737. The molecule has 3 rings (SSSR count). The summed E-state index contributed by atoms with van der Waals surface area (Å²) in [7, 11) is 0. The van der Waals surface area contributed by atoms with Crippen LogP contribution < -0.4 is 5.32 Å². The molecule has 0 atom stereocenters. The molecule has 0 aromatic carbocycles. The Morgan fingerprint density at radius 1 is 1.32 bits per heavy atom. The number of carbonyl (C=O) groups is 1. The lowest BCUT2D eigenvalue weighted by Crippen LogP contribution is -2.24. The summed E-state index contributed by atoms with van der Waals surface area (Å²) in [4.78, 5) is 16.2. The second-order valence-electron chi connectivity index (χ2n) is 5.34. The van der Waals surface area contributed by atoms with Crippen molar-refractivity contribution in [2.75, 3.05) is 5.75 Å². The number of hydrogen-bond acceptors (Lipinski definition) is 6. The smallest absolute Gasteiger partial charge is 0.230 e. The molecular weight excluding hydrogens is 338 g/mol. The summed E-state index contributed by atoms with van der Waals surface area (Å²) in [5, 5.41) is 12.1. The van der Waals surface area contributed by atoms with Gasteiger partial charge in [-0.15, -0.1) is 10.2 Å². The number of pyridine rings is 1. The van der Waals surface area contributed by atoms with Crippen molar-refractivity contribution in [2.45, 2.75) is 31.6 Å². The maximum absolute atomic E-state index is 12.0. The van der Waals surface area contributed by atoms with Crippen molar-refractivity contribution in [3.63, 3.8) is 0 Å². The van der Waals surface area contributed by atoms with Crippen molar-refractivity contribution in [1.82, 2.24) is 25.1 Å². The predicted molar refractivity (Wildman–Crippen MR) is 94.8 cm³/mol. The highest BCUT2D eigenvalue weighted by atomic mass is 32.2. The van der Waals surface area contributed by atoms with Gasteiger partial charge in [0, 0.05) is 24.5 Å². The number of nitrogens with one attached hydrogen (secondary N) is 1. The molecule has 0 bridgehead atoms. The normalized spacial score (nSPS) is 10.8. The Morgan fingerprint density at radius 3 is 2.96 bits per heavy atom. The van der Waals surface area contributed by atoms with Crippen molar-refractivity contribution < 1.29 is 9.21 Å². The van der Waals surface area contributed by atoms with E-state index in [-0.39, 0.29) is 11.7 Å². The molecule has 130 valence electrons. The van der Waals surface area contributed by atoms with E-state index in [9.17, 15) is 4.79 Å². The van der Waals surface area contributed by atoms with E-state index < -0.39 is 0 Å². The fourth-order valence-electron chi connectivity index (χ4n) is 2.31. The molecule has 7 nitrogen and oxygen atoms in total. The van der Waals surface area contributed by atoms with E-state index in [1.165, 1.54) is 11.8 Å². The Bertz CT molecular complexity index is 802. The molecule has 3 aromatic rings. The van der Waals surface area contributed by atoms with Crippen molar-refractivity contribution in [3.8, 4) is 11.4 Å². The molecule has 0 aliphatic heterocycles. The zero-order valence-electron chi connectivity index (χ0n) is 13.9. The fraction of sp³-hybridized carbons (Fsp3) is 0.294. The first kappa shape index (κ1) is 17.2. The fourth-order valence-corrected chi connectivity index (χ4v) is 3.10. The molecule has 1 amide bonds. The summed E-state index contributed by atoms with van der Waals surface area (Å²) in [6.45, 7) is 3.26. The minimum absolute atomic E-state index is 0.0737. The third-order valence-electron chi connectivity index (χ3n) is 3.46. The van der Waals surface area contributed by atoms with E-state index in [0.29, 0.717) is 6.54 Å². The molecule has 0 aliphatic rings. The van der Waals surface area contributed by atoms with Crippen LogP contribution in [0.5, 0.6) is 0 Å². The summed E-state index contributed by atoms with van der Waals surface area (Å²) in [5.74, 6) is 1.70. The van der Waals surface area contributed by atoms with Gasteiger partial charge < -0.3 is 14.3 Å². The van der Waals surface area contributed by atoms with Crippen LogP contribution >= 0.6 is 11.8 Å². The number of carbonyl (C=O) groups excluding carboxylic acids is 1. The SMILES string of the molecule is CCCn1c(SCC(=O)NCc2ccco2)nnc1-c1cccnc1. The summed E-state index contributed by atoms with van der Waals surface area (Å²) >= 11 is 1.37. The zero-order chi connectivity index (χ0) is 17.5. The molecule has 0 aliphatic carbocycles. The molecule has 8 heteroatoms. The molecule has 25 heavy (non-hydrogen) atoms. The molecule has 0 radical (unpaired) electrons. The second kappa shape index (κ2) is 8.48. The Labute approximate surface area is 149 Å². The van der Waals surface area contributed by atoms with E-state index in [0.717, 1.165) is 35.3 Å². The average molecular weight is 357 g/mol. The first-order chi connectivity index (χ1) is 12.3. The minimum Gasteiger partial charge on any atom is -0.467 e. The zero-order valence-corrected chi connectivity index (χ0v) is 14.7. The van der Waals surface area contributed by atoms with Crippen molar-refractivity contribution in [3.05, 3.63) is 48.7 Å². The van der Waals surface area contributed by atoms with Crippen molar-refractivity contribution >= 4 is 17.7 Å². The molecule has 3 aromatic heterocycles. The summed E-state index contributed by atoms with van der Waals surface area (Å²) in [6, 6.07) is 7.44. The number of rotatable bonds is 8. The largest absolute Gasteiger partial charge is 0.467 e. The highest BCUT2D eigenvalue weighted by Gasteiger charge is 2.15. The van der Waals surface area contributed by atoms with Crippen LogP contribution in [0.25, 0.3) is 11.4 Å². The maximum atomic E-state index is 12.0. The number of hydrogen-bond donors (Lipinski definition) is 1. The molecule has 0 fully saturated rings. The van der Waals surface area contributed by atoms with Crippen LogP contribution in [-0.2, 0) is 17.9 Å². The van der Waals surface area contributed by atoms with Crippen LogP contribution in [0.4, 0.5) is 0 Å². The number of amides is 1. The van der Waals surface area contributed by atoms with Gasteiger partial charge in [-0.2, -0.15) is 0 Å². The lowest BCUT2D eigenvalue weighted by atomic mass is 10.2. The number of nitrogens with zero attached hydrogens (tertiary/aromatic N) is 4. The van der Waals surface area contributed by atoms with Crippen molar-refractivity contribution in [1.29, 1.82) is 0 Å². The van der Waals surface area contributed by atoms with E-state index in [4.69, 9.17) is 4.42 Å². The van der Waals surface area contributed by atoms with Gasteiger partial charge >= 0.3 is 0 Å². The van der Waals surface area contributed by atoms with Gasteiger partial charge in [-0.05, 0) is 30.7 Å². The topological polar surface area (TPSA) is 85.8 Å². The van der Waals surface area contributed by atoms with E-state index >= 15 is 0 Å². The van der Waals surface area contributed by atoms with Crippen LogP contribution in [0.3, 0.4) is 0 Å². The highest BCUT2D eigenvalue weighted by molar-refractivity contribution is 7.99. The summed E-state index contributed by atoms with van der Waals surface area (Å²) < 4.78 is 7.23. The molecule has 1 N–H and O–H groups in total. The average Bonchev–Trinajstić information content (AvgIpc) is 3.29. The van der Waals surface area contributed by atoms with Gasteiger partial charge in [-0.25, -0.2) is 0 Å². The number of thioether (sulfide) groups is 1. The van der Waals surface area contributed by atoms with E-state index in [1.54, 1.807) is 24.7 Å². The Kier molecular flexibility index (Phi) is 5.84. The summed E-state index contributed by atoms with van der Waals surface area (Å²) in [6.07, 6.45) is 6.02. The van der Waals surface area contributed by atoms with E-state index in [2.05, 4.69) is 27.4 Å². The van der Waals surface area contributed by atoms with Gasteiger partial charge in [0.05, 0.1) is 18.6 Å². The predicted octanol–water partition coefficient (Wildman–Crippen LogP) is 2.75. The van der Waals surface area contributed by atoms with Crippen LogP contribution in [0, 0.1) is 0 Å². The van der Waals surface area contributed by atoms with Crippen molar-refractivity contribution in [2.24, 2.45) is 0 Å². The second-order valence-corrected chi connectivity index (χ2v) is 6.29. The standard InChI is InChI=1S/C17H19N5O2S/c1-2-8-22-16(13-5-3-7-18-10-13)20-21-17(22)25-12-15(23)19-11-14-6-4-9-24-14/h3-7,9-10H,2,8,11-12H2,1H3,(H,19,23). The molecule has 0 saturated heterocycles. The Balaban J connectivity index is 1.64.